The molecule has 0 saturated heterocycles. The molecule has 3 heterocycles. The summed E-state index contributed by atoms with van der Waals surface area (Å²) >= 11 is 1.45. The number of carbonyl (C=O) groups excluding carboxylic acids is 1. The number of aromatic amines is 1. The van der Waals surface area contributed by atoms with Crippen LogP contribution in [0.5, 0.6) is 0 Å². The van der Waals surface area contributed by atoms with Crippen LogP contribution in [-0.4, -0.2) is 30.5 Å². The van der Waals surface area contributed by atoms with Gasteiger partial charge in [0, 0.05) is 17.8 Å². The number of hydrogen-bond donors (Lipinski definition) is 2. The van der Waals surface area contributed by atoms with E-state index in [1.54, 1.807) is 16.9 Å². The van der Waals surface area contributed by atoms with Gasteiger partial charge in [0.2, 0.25) is 10.9 Å². The molecule has 9 heteroatoms. The van der Waals surface area contributed by atoms with Crippen LogP contribution in [0.2, 0.25) is 0 Å². The third-order valence-electron chi connectivity index (χ3n) is 3.88. The predicted octanol–water partition coefficient (Wildman–Crippen LogP) is 1.30. The summed E-state index contributed by atoms with van der Waals surface area (Å²) in [6.45, 7) is 5.49. The van der Waals surface area contributed by atoms with E-state index in [4.69, 9.17) is 0 Å². The van der Waals surface area contributed by atoms with Gasteiger partial charge in [0.25, 0.3) is 0 Å². The zero-order valence-corrected chi connectivity index (χ0v) is 14.5. The lowest BCUT2D eigenvalue weighted by Crippen LogP contribution is -2.27. The molecular formula is C15H18N6O2S. The summed E-state index contributed by atoms with van der Waals surface area (Å²) in [7, 11) is 0. The molecule has 0 saturated carbocycles. The number of imidazole rings is 1. The minimum Gasteiger partial charge on any atom is -0.348 e. The second-order valence-corrected chi connectivity index (χ2v) is 6.46. The fourth-order valence-corrected chi connectivity index (χ4v) is 3.22. The summed E-state index contributed by atoms with van der Waals surface area (Å²) in [5, 5.41) is 7.06. The van der Waals surface area contributed by atoms with Crippen LogP contribution in [0.25, 0.3) is 4.96 Å². The Balaban J connectivity index is 1.61. The van der Waals surface area contributed by atoms with Crippen molar-refractivity contribution in [1.29, 1.82) is 0 Å². The zero-order valence-electron chi connectivity index (χ0n) is 13.7. The van der Waals surface area contributed by atoms with Gasteiger partial charge in [0.05, 0.1) is 17.9 Å². The van der Waals surface area contributed by atoms with Gasteiger partial charge in [-0.05, 0) is 32.8 Å². The molecule has 0 bridgehead atoms. The molecule has 0 aliphatic rings. The molecule has 3 aromatic rings. The standard InChI is InChI=1S/C15H18N6O2S/c1-8-11(9(2)19-14(23)18-8)4-5-13(22)17-10(3)12-6-21-15(20-12)24-7-16-21/h6-7,10H,4-5H2,1-3H3,(H,17,22)(H,18,19,23)/t10-/m0/s1. The van der Waals surface area contributed by atoms with Crippen LogP contribution in [-0.2, 0) is 11.2 Å². The summed E-state index contributed by atoms with van der Waals surface area (Å²) in [6.07, 6.45) is 2.66. The second kappa shape index (κ2) is 6.52. The quantitative estimate of drug-likeness (QED) is 0.724. The van der Waals surface area contributed by atoms with Crippen molar-refractivity contribution in [3.63, 3.8) is 0 Å². The molecular weight excluding hydrogens is 328 g/mol. The van der Waals surface area contributed by atoms with Crippen LogP contribution >= 0.6 is 11.3 Å². The van der Waals surface area contributed by atoms with E-state index in [2.05, 4.69) is 25.4 Å². The lowest BCUT2D eigenvalue weighted by molar-refractivity contribution is -0.121. The first-order chi connectivity index (χ1) is 11.4. The van der Waals surface area contributed by atoms with Crippen molar-refractivity contribution < 1.29 is 4.79 Å². The highest BCUT2D eigenvalue weighted by Crippen LogP contribution is 2.16. The van der Waals surface area contributed by atoms with E-state index < -0.39 is 0 Å². The van der Waals surface area contributed by atoms with Crippen molar-refractivity contribution >= 4 is 22.2 Å². The first kappa shape index (κ1) is 16.3. The average Bonchev–Trinajstić information content (AvgIpc) is 3.06. The molecule has 0 spiro atoms. The molecule has 24 heavy (non-hydrogen) atoms. The van der Waals surface area contributed by atoms with Gasteiger partial charge in [-0.2, -0.15) is 10.1 Å². The first-order valence-corrected chi connectivity index (χ1v) is 8.46. The monoisotopic (exact) mass is 346 g/mol. The molecule has 0 unspecified atom stereocenters. The number of rotatable bonds is 5. The summed E-state index contributed by atoms with van der Waals surface area (Å²) in [5.74, 6) is -0.0724. The maximum absolute atomic E-state index is 12.2. The first-order valence-electron chi connectivity index (χ1n) is 7.58. The minimum atomic E-state index is -0.361. The number of carbonyl (C=O) groups is 1. The molecule has 8 nitrogen and oxygen atoms in total. The Morgan fingerprint density at radius 3 is 2.92 bits per heavy atom. The fraction of sp³-hybridized carbons (Fsp3) is 0.400. The van der Waals surface area contributed by atoms with Crippen LogP contribution in [0.1, 0.15) is 42.0 Å². The van der Waals surface area contributed by atoms with E-state index in [0.29, 0.717) is 18.5 Å². The number of nitrogens with one attached hydrogen (secondary N) is 2. The molecule has 3 aromatic heterocycles. The van der Waals surface area contributed by atoms with E-state index in [-0.39, 0.29) is 17.6 Å². The number of H-pyrrole nitrogens is 1. The number of fused-ring (bicyclic) bond motifs is 1. The molecule has 1 atom stereocenters. The van der Waals surface area contributed by atoms with Crippen LogP contribution in [0, 0.1) is 13.8 Å². The Morgan fingerprint density at radius 2 is 2.21 bits per heavy atom. The van der Waals surface area contributed by atoms with Crippen molar-refractivity contribution in [2.45, 2.75) is 39.7 Å². The topological polar surface area (TPSA) is 105 Å². The second-order valence-electron chi connectivity index (χ2n) is 5.65. The SMILES string of the molecule is Cc1nc(=O)[nH]c(C)c1CCC(=O)N[C@@H](C)c1cn2ncsc2n1. The van der Waals surface area contributed by atoms with Crippen molar-refractivity contribution in [3.05, 3.63) is 44.8 Å². The van der Waals surface area contributed by atoms with Crippen molar-refractivity contribution in [2.24, 2.45) is 0 Å². The number of amides is 1. The Bertz CT molecular complexity index is 886. The highest BCUT2D eigenvalue weighted by Gasteiger charge is 2.15. The minimum absolute atomic E-state index is 0.0724. The van der Waals surface area contributed by atoms with Gasteiger partial charge in [-0.3, -0.25) is 4.79 Å². The molecule has 126 valence electrons. The van der Waals surface area contributed by atoms with E-state index >= 15 is 0 Å². The third-order valence-corrected chi connectivity index (χ3v) is 4.57. The van der Waals surface area contributed by atoms with E-state index in [0.717, 1.165) is 21.9 Å². The lowest BCUT2D eigenvalue weighted by Gasteiger charge is -2.12. The van der Waals surface area contributed by atoms with Gasteiger partial charge in [-0.25, -0.2) is 14.3 Å². The number of aryl methyl sites for hydroxylation is 2. The molecule has 0 radical (unpaired) electrons. The Labute approximate surface area is 142 Å². The normalized spacial score (nSPS) is 12.5. The van der Waals surface area contributed by atoms with Crippen LogP contribution in [0.15, 0.2) is 16.5 Å². The third kappa shape index (κ3) is 3.35. The van der Waals surface area contributed by atoms with E-state index in [9.17, 15) is 9.59 Å². The lowest BCUT2D eigenvalue weighted by atomic mass is 10.1. The van der Waals surface area contributed by atoms with Crippen molar-refractivity contribution in [1.82, 2.24) is 29.9 Å². The van der Waals surface area contributed by atoms with Gasteiger partial charge >= 0.3 is 5.69 Å². The van der Waals surface area contributed by atoms with E-state index in [1.165, 1.54) is 11.3 Å². The number of hydrogen-bond acceptors (Lipinski definition) is 6. The maximum atomic E-state index is 12.2. The summed E-state index contributed by atoms with van der Waals surface area (Å²) in [4.78, 5) is 35.3. The Morgan fingerprint density at radius 1 is 1.42 bits per heavy atom. The average molecular weight is 346 g/mol. The summed E-state index contributed by atoms with van der Waals surface area (Å²) < 4.78 is 1.70. The largest absolute Gasteiger partial charge is 0.348 e. The highest BCUT2D eigenvalue weighted by atomic mass is 32.1. The van der Waals surface area contributed by atoms with Gasteiger partial charge in [0.15, 0.2) is 0 Å². The molecule has 0 aromatic carbocycles. The van der Waals surface area contributed by atoms with Gasteiger partial charge in [-0.15, -0.1) is 0 Å². The maximum Gasteiger partial charge on any atom is 0.345 e. The number of aromatic nitrogens is 5. The molecule has 1 amide bonds. The van der Waals surface area contributed by atoms with Crippen LogP contribution in [0.3, 0.4) is 0 Å². The molecule has 0 aliphatic carbocycles. The molecule has 0 fully saturated rings. The van der Waals surface area contributed by atoms with Crippen molar-refractivity contribution in [2.75, 3.05) is 0 Å². The Kier molecular flexibility index (Phi) is 4.43. The van der Waals surface area contributed by atoms with Crippen molar-refractivity contribution in [3.8, 4) is 0 Å². The predicted molar refractivity (Wildman–Crippen MR) is 90.1 cm³/mol. The summed E-state index contributed by atoms with van der Waals surface area (Å²) in [6, 6.07) is -0.192. The summed E-state index contributed by atoms with van der Waals surface area (Å²) in [5.41, 5.74) is 4.47. The zero-order chi connectivity index (χ0) is 17.3. The molecule has 0 aliphatic heterocycles. The Hall–Kier alpha value is -2.55. The van der Waals surface area contributed by atoms with Crippen LogP contribution < -0.4 is 11.0 Å². The highest BCUT2D eigenvalue weighted by molar-refractivity contribution is 7.14. The molecule has 2 N–H and O–H groups in total. The smallest absolute Gasteiger partial charge is 0.345 e. The molecule has 3 rings (SSSR count). The van der Waals surface area contributed by atoms with Gasteiger partial charge in [0.1, 0.15) is 5.51 Å². The van der Waals surface area contributed by atoms with E-state index in [1.807, 2.05) is 20.0 Å². The van der Waals surface area contributed by atoms with Crippen LogP contribution in [0.4, 0.5) is 0 Å². The van der Waals surface area contributed by atoms with Gasteiger partial charge < -0.3 is 10.3 Å². The number of nitrogens with zero attached hydrogens (tertiary/aromatic N) is 4. The fourth-order valence-electron chi connectivity index (χ4n) is 2.61. The van der Waals surface area contributed by atoms with Gasteiger partial charge in [-0.1, -0.05) is 11.3 Å².